The van der Waals surface area contributed by atoms with Crippen LogP contribution in [0.1, 0.15) is 22.8 Å². The van der Waals surface area contributed by atoms with E-state index in [2.05, 4.69) is 10.1 Å². The van der Waals surface area contributed by atoms with Gasteiger partial charge < -0.3 is 13.4 Å². The summed E-state index contributed by atoms with van der Waals surface area (Å²) >= 11 is 0. The van der Waals surface area contributed by atoms with Crippen molar-refractivity contribution in [1.29, 1.82) is 0 Å². The zero-order valence-corrected chi connectivity index (χ0v) is 13.8. The van der Waals surface area contributed by atoms with Gasteiger partial charge >= 0.3 is 5.76 Å². The van der Waals surface area contributed by atoms with Crippen molar-refractivity contribution < 1.29 is 13.4 Å². The molecule has 0 fully saturated rings. The van der Waals surface area contributed by atoms with Gasteiger partial charge in [-0.3, -0.25) is 4.98 Å². The van der Waals surface area contributed by atoms with E-state index in [4.69, 9.17) is 13.4 Å². The molecule has 3 heterocycles. The SMILES string of the molecule is Cc1coc(C)c1-c1cc(-c2c(C)noc2C)cc2[nH]c(=O)oc12. The van der Waals surface area contributed by atoms with E-state index in [1.165, 1.54) is 0 Å². The van der Waals surface area contributed by atoms with Gasteiger partial charge in [0.25, 0.3) is 0 Å². The number of H-pyrrole nitrogens is 1. The van der Waals surface area contributed by atoms with Gasteiger partial charge in [-0.2, -0.15) is 0 Å². The Hall–Kier alpha value is -3.02. The zero-order valence-electron chi connectivity index (χ0n) is 13.8. The van der Waals surface area contributed by atoms with Crippen LogP contribution in [0.3, 0.4) is 0 Å². The molecule has 4 aromatic rings. The summed E-state index contributed by atoms with van der Waals surface area (Å²) in [6, 6.07) is 3.86. The van der Waals surface area contributed by atoms with Crippen LogP contribution in [0.5, 0.6) is 0 Å². The summed E-state index contributed by atoms with van der Waals surface area (Å²) in [7, 11) is 0. The maximum Gasteiger partial charge on any atom is 0.417 e. The Morgan fingerprint density at radius 2 is 1.83 bits per heavy atom. The quantitative estimate of drug-likeness (QED) is 0.595. The summed E-state index contributed by atoms with van der Waals surface area (Å²) in [5.74, 6) is 1.01. The molecule has 4 rings (SSSR count). The predicted molar refractivity (Wildman–Crippen MR) is 89.0 cm³/mol. The van der Waals surface area contributed by atoms with Crippen molar-refractivity contribution in [3.63, 3.8) is 0 Å². The Kier molecular flexibility index (Phi) is 3.03. The third kappa shape index (κ3) is 2.03. The lowest BCUT2D eigenvalue weighted by Crippen LogP contribution is -1.92. The molecular weight excluding hydrogens is 308 g/mol. The van der Waals surface area contributed by atoms with Crippen LogP contribution in [0.2, 0.25) is 0 Å². The van der Waals surface area contributed by atoms with Gasteiger partial charge in [0, 0.05) is 16.7 Å². The molecule has 0 aliphatic carbocycles. The number of benzene rings is 1. The lowest BCUT2D eigenvalue weighted by molar-refractivity contribution is 0.393. The van der Waals surface area contributed by atoms with E-state index in [0.717, 1.165) is 45.0 Å². The first-order chi connectivity index (χ1) is 11.5. The molecule has 0 aliphatic rings. The van der Waals surface area contributed by atoms with E-state index < -0.39 is 5.76 Å². The van der Waals surface area contributed by atoms with Crippen molar-refractivity contribution in [2.24, 2.45) is 0 Å². The minimum absolute atomic E-state index is 0.485. The molecule has 0 amide bonds. The van der Waals surface area contributed by atoms with Crippen molar-refractivity contribution in [3.8, 4) is 22.3 Å². The average Bonchev–Trinajstić information content (AvgIpc) is 3.16. The molecule has 3 aromatic heterocycles. The molecule has 122 valence electrons. The lowest BCUT2D eigenvalue weighted by atomic mass is 9.95. The monoisotopic (exact) mass is 324 g/mol. The topological polar surface area (TPSA) is 85.2 Å². The summed E-state index contributed by atoms with van der Waals surface area (Å²) in [5.41, 5.74) is 6.49. The highest BCUT2D eigenvalue weighted by molar-refractivity contribution is 5.96. The lowest BCUT2D eigenvalue weighted by Gasteiger charge is -2.07. The van der Waals surface area contributed by atoms with Crippen molar-refractivity contribution in [2.75, 3.05) is 0 Å². The minimum atomic E-state index is -0.485. The molecule has 0 aliphatic heterocycles. The summed E-state index contributed by atoms with van der Waals surface area (Å²) in [5, 5.41) is 4.02. The van der Waals surface area contributed by atoms with Crippen LogP contribution in [0.4, 0.5) is 0 Å². The average molecular weight is 324 g/mol. The number of rotatable bonds is 2. The molecule has 6 heteroatoms. The Bertz CT molecular complexity index is 1090. The summed E-state index contributed by atoms with van der Waals surface area (Å²) in [6.07, 6.45) is 1.70. The third-order valence-corrected chi connectivity index (χ3v) is 4.27. The van der Waals surface area contributed by atoms with Crippen LogP contribution in [0.15, 0.2) is 36.5 Å². The third-order valence-electron chi connectivity index (χ3n) is 4.27. The highest BCUT2D eigenvalue weighted by Gasteiger charge is 2.20. The number of nitrogens with zero attached hydrogens (tertiary/aromatic N) is 1. The summed E-state index contributed by atoms with van der Waals surface area (Å²) in [6.45, 7) is 7.61. The fourth-order valence-electron chi connectivity index (χ4n) is 3.26. The van der Waals surface area contributed by atoms with Gasteiger partial charge in [0.2, 0.25) is 0 Å². The highest BCUT2D eigenvalue weighted by Crippen LogP contribution is 2.38. The number of nitrogens with one attached hydrogen (secondary N) is 1. The molecule has 0 atom stereocenters. The van der Waals surface area contributed by atoms with Gasteiger partial charge in [0.05, 0.1) is 17.5 Å². The smallest absolute Gasteiger partial charge is 0.417 e. The van der Waals surface area contributed by atoms with Crippen molar-refractivity contribution in [1.82, 2.24) is 10.1 Å². The molecule has 0 spiro atoms. The number of aromatic amines is 1. The predicted octanol–water partition coefficient (Wildman–Crippen LogP) is 4.27. The number of aryl methyl sites for hydroxylation is 4. The number of hydrogen-bond acceptors (Lipinski definition) is 5. The Morgan fingerprint density at radius 3 is 2.46 bits per heavy atom. The zero-order chi connectivity index (χ0) is 17.0. The summed E-state index contributed by atoms with van der Waals surface area (Å²) < 4.78 is 16.2. The van der Waals surface area contributed by atoms with Gasteiger partial charge in [-0.05, 0) is 51.0 Å². The number of oxazole rings is 1. The van der Waals surface area contributed by atoms with Crippen LogP contribution in [0.25, 0.3) is 33.4 Å². The van der Waals surface area contributed by atoms with E-state index in [1.807, 2.05) is 39.8 Å². The maximum atomic E-state index is 11.7. The Labute approximate surface area is 137 Å². The fourth-order valence-corrected chi connectivity index (χ4v) is 3.26. The molecule has 0 bridgehead atoms. The van der Waals surface area contributed by atoms with Crippen LogP contribution in [-0.2, 0) is 0 Å². The van der Waals surface area contributed by atoms with Gasteiger partial charge in [0.15, 0.2) is 5.58 Å². The molecular formula is C18H16N2O4. The van der Waals surface area contributed by atoms with Gasteiger partial charge in [-0.1, -0.05) is 5.16 Å². The molecule has 1 aromatic carbocycles. The Balaban J connectivity index is 2.11. The van der Waals surface area contributed by atoms with Crippen LogP contribution < -0.4 is 5.76 Å². The first-order valence-corrected chi connectivity index (χ1v) is 7.61. The van der Waals surface area contributed by atoms with Crippen LogP contribution in [-0.4, -0.2) is 10.1 Å². The first kappa shape index (κ1) is 14.6. The second-order valence-electron chi connectivity index (χ2n) is 5.96. The van der Waals surface area contributed by atoms with E-state index in [9.17, 15) is 4.79 Å². The maximum absolute atomic E-state index is 11.7. The fraction of sp³-hybridized carbons (Fsp3) is 0.222. The Morgan fingerprint density at radius 1 is 1.04 bits per heavy atom. The summed E-state index contributed by atoms with van der Waals surface area (Å²) in [4.78, 5) is 14.5. The molecule has 0 radical (unpaired) electrons. The molecule has 1 N–H and O–H groups in total. The van der Waals surface area contributed by atoms with E-state index in [0.29, 0.717) is 11.1 Å². The van der Waals surface area contributed by atoms with E-state index in [1.54, 1.807) is 6.26 Å². The highest BCUT2D eigenvalue weighted by atomic mass is 16.5. The largest absolute Gasteiger partial charge is 0.469 e. The molecule has 0 unspecified atom stereocenters. The molecule has 0 saturated carbocycles. The molecule has 0 saturated heterocycles. The van der Waals surface area contributed by atoms with Crippen LogP contribution in [0, 0.1) is 27.7 Å². The standard InChI is InChI=1S/C18H16N2O4/c1-8-7-22-10(3)15(8)13-5-12(16-9(2)20-24-11(16)4)6-14-17(13)23-18(21)19-14/h5-7H,1-4H3,(H,19,21). The van der Waals surface area contributed by atoms with Crippen molar-refractivity contribution >= 4 is 11.1 Å². The molecule has 24 heavy (non-hydrogen) atoms. The second kappa shape index (κ2) is 4.99. The van der Waals surface area contributed by atoms with Gasteiger partial charge in [-0.15, -0.1) is 0 Å². The van der Waals surface area contributed by atoms with Gasteiger partial charge in [0.1, 0.15) is 11.5 Å². The minimum Gasteiger partial charge on any atom is -0.469 e. The van der Waals surface area contributed by atoms with E-state index in [-0.39, 0.29) is 0 Å². The van der Waals surface area contributed by atoms with Gasteiger partial charge in [-0.25, -0.2) is 4.79 Å². The van der Waals surface area contributed by atoms with Crippen LogP contribution >= 0.6 is 0 Å². The number of hydrogen-bond donors (Lipinski definition) is 1. The van der Waals surface area contributed by atoms with Crippen molar-refractivity contribution in [3.05, 3.63) is 51.7 Å². The molecule has 6 nitrogen and oxygen atoms in total. The number of aromatic nitrogens is 2. The second-order valence-corrected chi connectivity index (χ2v) is 5.96. The normalized spacial score (nSPS) is 11.5. The van der Waals surface area contributed by atoms with Crippen molar-refractivity contribution in [2.45, 2.75) is 27.7 Å². The van der Waals surface area contributed by atoms with E-state index >= 15 is 0 Å². The number of fused-ring (bicyclic) bond motifs is 1. The first-order valence-electron chi connectivity index (χ1n) is 7.61. The number of furan rings is 1.